The van der Waals surface area contributed by atoms with Crippen molar-refractivity contribution in [1.29, 1.82) is 0 Å². The van der Waals surface area contributed by atoms with E-state index in [2.05, 4.69) is 25.8 Å². The number of urea groups is 1. The lowest BCUT2D eigenvalue weighted by atomic mass is 9.94. The Balaban J connectivity index is 1.53. The van der Waals surface area contributed by atoms with Gasteiger partial charge in [-0.05, 0) is 30.9 Å². The largest absolute Gasteiger partial charge is 0.362 e. The predicted octanol–water partition coefficient (Wildman–Crippen LogP) is 1.23. The summed E-state index contributed by atoms with van der Waals surface area (Å²) in [4.78, 5) is 18.4. The molecule has 1 atom stereocenters. The Hall–Kier alpha value is -2.57. The van der Waals surface area contributed by atoms with Gasteiger partial charge in [-0.1, -0.05) is 6.07 Å². The Labute approximate surface area is 135 Å². The lowest BCUT2D eigenvalue weighted by Crippen LogP contribution is -2.44. The molecule has 23 heavy (non-hydrogen) atoms. The first-order valence-corrected chi connectivity index (χ1v) is 7.80. The van der Waals surface area contributed by atoms with Crippen LogP contribution in [-0.2, 0) is 19.4 Å². The molecule has 0 saturated heterocycles. The van der Waals surface area contributed by atoms with Crippen LogP contribution in [0, 0.1) is 0 Å². The van der Waals surface area contributed by atoms with E-state index in [1.165, 1.54) is 11.3 Å². The number of aryl methyl sites for hydroxylation is 1. The number of H-pyrrole nitrogens is 1. The third-order valence-electron chi connectivity index (χ3n) is 4.08. The SMILES string of the molecule is CN(C)c1ncccc1CNC(=O)NC1CCc2[nH]ncc2C1. The van der Waals surface area contributed by atoms with Crippen LogP contribution in [0.15, 0.2) is 24.5 Å². The van der Waals surface area contributed by atoms with E-state index >= 15 is 0 Å². The second kappa shape index (κ2) is 6.68. The van der Waals surface area contributed by atoms with Crippen LogP contribution in [0.3, 0.4) is 0 Å². The van der Waals surface area contributed by atoms with E-state index in [9.17, 15) is 4.79 Å². The first-order chi connectivity index (χ1) is 11.1. The number of nitrogens with one attached hydrogen (secondary N) is 3. The molecule has 1 unspecified atom stereocenters. The van der Waals surface area contributed by atoms with Gasteiger partial charge in [0.05, 0.1) is 6.20 Å². The first kappa shape index (κ1) is 15.3. The fraction of sp³-hybridized carbons (Fsp3) is 0.438. The van der Waals surface area contributed by atoms with Crippen molar-refractivity contribution < 1.29 is 4.79 Å². The summed E-state index contributed by atoms with van der Waals surface area (Å²) in [5, 5.41) is 13.0. The number of aromatic amines is 1. The normalized spacial score (nSPS) is 16.5. The monoisotopic (exact) mass is 314 g/mol. The van der Waals surface area contributed by atoms with Crippen molar-refractivity contribution >= 4 is 11.8 Å². The molecule has 0 fully saturated rings. The number of aromatic nitrogens is 3. The van der Waals surface area contributed by atoms with Crippen LogP contribution in [0.2, 0.25) is 0 Å². The fourth-order valence-corrected chi connectivity index (χ4v) is 2.92. The van der Waals surface area contributed by atoms with Gasteiger partial charge in [-0.3, -0.25) is 5.10 Å². The zero-order valence-corrected chi connectivity index (χ0v) is 13.5. The van der Waals surface area contributed by atoms with E-state index in [1.807, 2.05) is 37.3 Å². The summed E-state index contributed by atoms with van der Waals surface area (Å²) < 4.78 is 0. The van der Waals surface area contributed by atoms with Crippen LogP contribution in [-0.4, -0.2) is 41.3 Å². The highest BCUT2D eigenvalue weighted by atomic mass is 16.2. The van der Waals surface area contributed by atoms with E-state index in [-0.39, 0.29) is 12.1 Å². The van der Waals surface area contributed by atoms with Gasteiger partial charge in [0, 0.05) is 44.1 Å². The molecule has 0 bridgehead atoms. The zero-order chi connectivity index (χ0) is 16.2. The number of carbonyl (C=O) groups is 1. The molecular formula is C16H22N6O. The van der Waals surface area contributed by atoms with Crippen molar-refractivity contribution in [2.75, 3.05) is 19.0 Å². The van der Waals surface area contributed by atoms with Crippen LogP contribution in [0.25, 0.3) is 0 Å². The Bertz CT molecular complexity index is 681. The van der Waals surface area contributed by atoms with Crippen molar-refractivity contribution in [3.63, 3.8) is 0 Å². The van der Waals surface area contributed by atoms with Gasteiger partial charge in [-0.15, -0.1) is 0 Å². The summed E-state index contributed by atoms with van der Waals surface area (Å²) in [6.07, 6.45) is 6.28. The highest BCUT2D eigenvalue weighted by Crippen LogP contribution is 2.19. The van der Waals surface area contributed by atoms with Gasteiger partial charge in [-0.25, -0.2) is 9.78 Å². The molecule has 2 amide bonds. The quantitative estimate of drug-likeness (QED) is 0.792. The van der Waals surface area contributed by atoms with Crippen LogP contribution in [0.1, 0.15) is 23.2 Å². The summed E-state index contributed by atoms with van der Waals surface area (Å²) >= 11 is 0. The van der Waals surface area contributed by atoms with Gasteiger partial charge in [-0.2, -0.15) is 5.10 Å². The molecule has 7 nitrogen and oxygen atoms in total. The van der Waals surface area contributed by atoms with E-state index in [0.29, 0.717) is 6.54 Å². The molecule has 0 aliphatic heterocycles. The molecule has 0 saturated carbocycles. The lowest BCUT2D eigenvalue weighted by molar-refractivity contribution is 0.235. The summed E-state index contributed by atoms with van der Waals surface area (Å²) in [5.74, 6) is 0.869. The van der Waals surface area contributed by atoms with E-state index in [0.717, 1.165) is 30.6 Å². The number of carbonyl (C=O) groups excluding carboxylic acids is 1. The minimum absolute atomic E-state index is 0.143. The number of anilines is 1. The third kappa shape index (κ3) is 3.61. The lowest BCUT2D eigenvalue weighted by Gasteiger charge is -2.23. The average molecular weight is 314 g/mol. The second-order valence-electron chi connectivity index (χ2n) is 6.02. The molecule has 2 aromatic rings. The van der Waals surface area contributed by atoms with Gasteiger partial charge < -0.3 is 15.5 Å². The summed E-state index contributed by atoms with van der Waals surface area (Å²) in [6.45, 7) is 0.455. The maximum absolute atomic E-state index is 12.1. The van der Waals surface area contributed by atoms with Crippen LogP contribution >= 0.6 is 0 Å². The summed E-state index contributed by atoms with van der Waals surface area (Å²) in [7, 11) is 3.88. The molecule has 1 aliphatic carbocycles. The van der Waals surface area contributed by atoms with Gasteiger partial charge >= 0.3 is 6.03 Å². The number of amides is 2. The Morgan fingerprint density at radius 1 is 1.48 bits per heavy atom. The third-order valence-corrected chi connectivity index (χ3v) is 4.08. The minimum atomic E-state index is -0.143. The highest BCUT2D eigenvalue weighted by molar-refractivity contribution is 5.74. The zero-order valence-electron chi connectivity index (χ0n) is 13.5. The maximum atomic E-state index is 12.1. The molecule has 0 spiro atoms. The van der Waals surface area contributed by atoms with E-state index in [4.69, 9.17) is 0 Å². The molecule has 3 N–H and O–H groups in total. The van der Waals surface area contributed by atoms with Gasteiger partial charge in [0.15, 0.2) is 0 Å². The number of rotatable bonds is 4. The maximum Gasteiger partial charge on any atom is 0.315 e. The number of fused-ring (bicyclic) bond motifs is 1. The van der Waals surface area contributed by atoms with Crippen LogP contribution < -0.4 is 15.5 Å². The smallest absolute Gasteiger partial charge is 0.315 e. The molecule has 3 rings (SSSR count). The number of hydrogen-bond donors (Lipinski definition) is 3. The van der Waals surface area contributed by atoms with E-state index < -0.39 is 0 Å². The van der Waals surface area contributed by atoms with Crippen molar-refractivity contribution in [2.45, 2.75) is 31.8 Å². The Kier molecular flexibility index (Phi) is 4.45. The summed E-state index contributed by atoms with van der Waals surface area (Å²) in [6, 6.07) is 3.86. The highest BCUT2D eigenvalue weighted by Gasteiger charge is 2.21. The fourth-order valence-electron chi connectivity index (χ4n) is 2.92. The average Bonchev–Trinajstić information content (AvgIpc) is 3.00. The molecule has 0 radical (unpaired) electrons. The molecule has 0 aromatic carbocycles. The molecule has 2 heterocycles. The molecule has 1 aliphatic rings. The molecule has 122 valence electrons. The van der Waals surface area contributed by atoms with Crippen molar-refractivity contribution in [1.82, 2.24) is 25.8 Å². The topological polar surface area (TPSA) is 85.9 Å². The van der Waals surface area contributed by atoms with Crippen molar-refractivity contribution in [3.8, 4) is 0 Å². The molecule has 2 aromatic heterocycles. The Morgan fingerprint density at radius 3 is 3.17 bits per heavy atom. The number of nitrogens with zero attached hydrogens (tertiary/aromatic N) is 3. The number of pyridine rings is 1. The second-order valence-corrected chi connectivity index (χ2v) is 6.02. The summed E-state index contributed by atoms with van der Waals surface area (Å²) in [5.41, 5.74) is 3.38. The van der Waals surface area contributed by atoms with Gasteiger partial charge in [0.2, 0.25) is 0 Å². The van der Waals surface area contributed by atoms with Crippen molar-refractivity contribution in [3.05, 3.63) is 41.3 Å². The standard InChI is InChI=1S/C16H22N6O/c1-22(2)15-11(4-3-7-17-15)9-18-16(23)20-13-5-6-14-12(8-13)10-19-21-14/h3-4,7,10,13H,5-6,8-9H2,1-2H3,(H,19,21)(H2,18,20,23). The van der Waals surface area contributed by atoms with Gasteiger partial charge in [0.25, 0.3) is 0 Å². The van der Waals surface area contributed by atoms with E-state index in [1.54, 1.807) is 6.20 Å². The molecule has 7 heteroatoms. The first-order valence-electron chi connectivity index (χ1n) is 7.80. The molecular weight excluding hydrogens is 292 g/mol. The van der Waals surface area contributed by atoms with Crippen LogP contribution in [0.5, 0.6) is 0 Å². The number of hydrogen-bond acceptors (Lipinski definition) is 4. The Morgan fingerprint density at radius 2 is 2.35 bits per heavy atom. The van der Waals surface area contributed by atoms with Crippen molar-refractivity contribution in [2.24, 2.45) is 0 Å². The predicted molar refractivity (Wildman–Crippen MR) is 88.3 cm³/mol. The van der Waals surface area contributed by atoms with Crippen LogP contribution in [0.4, 0.5) is 10.6 Å². The van der Waals surface area contributed by atoms with Gasteiger partial charge in [0.1, 0.15) is 5.82 Å². The minimum Gasteiger partial charge on any atom is -0.362 e.